The summed E-state index contributed by atoms with van der Waals surface area (Å²) >= 11 is 0. The Morgan fingerprint density at radius 1 is 0.629 bits per heavy atom. The van der Waals surface area contributed by atoms with Crippen LogP contribution in [0, 0.1) is 13.8 Å². The quantitative estimate of drug-likeness (QED) is 0.264. The van der Waals surface area contributed by atoms with Crippen LogP contribution in [0.3, 0.4) is 0 Å². The average molecular weight is 507 g/mol. The fourth-order valence-corrected chi connectivity index (χ4v) is 6.64. The molecule has 0 saturated carbocycles. The van der Waals surface area contributed by atoms with Gasteiger partial charge in [0.05, 0.1) is 20.2 Å². The van der Waals surface area contributed by atoms with Gasteiger partial charge in [-0.3, -0.25) is 0 Å². The Morgan fingerprint density at radius 2 is 1.26 bits per heavy atom. The van der Waals surface area contributed by atoms with E-state index in [1.165, 1.54) is 42.5 Å². The van der Waals surface area contributed by atoms with Gasteiger partial charge in [-0.25, -0.2) is 21.6 Å². The first kappa shape index (κ1) is 24.4. The van der Waals surface area contributed by atoms with E-state index in [9.17, 15) is 21.6 Å². The van der Waals surface area contributed by atoms with Gasteiger partial charge in [-0.15, -0.1) is 0 Å². The molecule has 6 nitrogen and oxygen atoms in total. The van der Waals surface area contributed by atoms with Crippen molar-refractivity contribution in [3.8, 4) is 5.75 Å². The topological polar surface area (TPSA) is 94.6 Å². The lowest BCUT2D eigenvalue weighted by molar-refractivity contribution is 0.0730. The van der Waals surface area contributed by atoms with Gasteiger partial charge in [0, 0.05) is 0 Å². The minimum absolute atomic E-state index is 0.00349. The summed E-state index contributed by atoms with van der Waals surface area (Å²) in [6.07, 6.45) is 0. The molecule has 0 aliphatic heterocycles. The molecule has 0 aromatic heterocycles. The van der Waals surface area contributed by atoms with E-state index < -0.39 is 30.5 Å². The van der Waals surface area contributed by atoms with E-state index in [0.717, 1.165) is 6.07 Å². The lowest BCUT2D eigenvalue weighted by atomic mass is 10.2. The third-order valence-corrected chi connectivity index (χ3v) is 9.10. The maximum absolute atomic E-state index is 13.8. The second-order valence-electron chi connectivity index (χ2n) is 7.95. The van der Waals surface area contributed by atoms with E-state index in [1.54, 1.807) is 62.4 Å². The van der Waals surface area contributed by atoms with Crippen molar-refractivity contribution in [2.75, 3.05) is 0 Å². The van der Waals surface area contributed by atoms with E-state index in [0.29, 0.717) is 11.1 Å². The van der Waals surface area contributed by atoms with Crippen LogP contribution in [-0.4, -0.2) is 22.8 Å². The fraction of sp³-hybridized carbons (Fsp3) is 0.0741. The lowest BCUT2D eigenvalue weighted by Gasteiger charge is -2.15. The zero-order chi connectivity index (χ0) is 25.2. The summed E-state index contributed by atoms with van der Waals surface area (Å²) in [7, 11) is -8.28. The molecule has 0 aliphatic rings. The number of hydrogen-bond donors (Lipinski definition) is 0. The molecule has 0 spiro atoms. The first-order valence-corrected chi connectivity index (χ1v) is 13.6. The first-order valence-electron chi connectivity index (χ1n) is 10.6. The van der Waals surface area contributed by atoms with Crippen LogP contribution in [0.2, 0.25) is 0 Å². The Balaban J connectivity index is 1.91. The summed E-state index contributed by atoms with van der Waals surface area (Å²) in [6.45, 7) is 3.40. The minimum Gasteiger partial charge on any atom is -0.422 e. The molecule has 178 valence electrons. The van der Waals surface area contributed by atoms with Crippen molar-refractivity contribution in [1.82, 2.24) is 0 Å². The number of hydrogen-bond acceptors (Lipinski definition) is 6. The van der Waals surface area contributed by atoms with Crippen molar-refractivity contribution in [3.05, 3.63) is 114 Å². The van der Waals surface area contributed by atoms with Gasteiger partial charge in [-0.05, 0) is 73.5 Å². The van der Waals surface area contributed by atoms with Crippen LogP contribution in [0.1, 0.15) is 21.5 Å². The highest BCUT2D eigenvalue weighted by atomic mass is 32.2. The number of esters is 1. The number of carbonyl (C=O) groups is 1. The normalized spacial score (nSPS) is 11.7. The summed E-state index contributed by atoms with van der Waals surface area (Å²) in [4.78, 5) is 12.1. The van der Waals surface area contributed by atoms with E-state index in [2.05, 4.69) is 0 Å². The fourth-order valence-electron chi connectivity index (χ4n) is 3.53. The zero-order valence-corrected chi connectivity index (χ0v) is 20.6. The predicted molar refractivity (Wildman–Crippen MR) is 131 cm³/mol. The molecule has 4 rings (SSSR count). The highest BCUT2D eigenvalue weighted by molar-refractivity contribution is 7.92. The number of benzene rings is 4. The van der Waals surface area contributed by atoms with Crippen LogP contribution in [0.4, 0.5) is 0 Å². The number of carbonyl (C=O) groups excluding carboxylic acids is 1. The third kappa shape index (κ3) is 4.89. The second-order valence-corrected chi connectivity index (χ2v) is 11.8. The Hall–Kier alpha value is -3.75. The predicted octanol–water partition coefficient (Wildman–Crippen LogP) is 5.19. The largest absolute Gasteiger partial charge is 0.422 e. The van der Waals surface area contributed by atoms with Crippen LogP contribution < -0.4 is 4.74 Å². The Bertz CT molecular complexity index is 1610. The van der Waals surface area contributed by atoms with E-state index in [4.69, 9.17) is 4.74 Å². The van der Waals surface area contributed by atoms with Crippen molar-refractivity contribution in [2.24, 2.45) is 0 Å². The molecule has 0 radical (unpaired) electrons. The molecule has 0 N–H and O–H groups in total. The molecule has 4 aromatic carbocycles. The van der Waals surface area contributed by atoms with E-state index >= 15 is 0 Å². The van der Waals surface area contributed by atoms with Gasteiger partial charge in [0.25, 0.3) is 0 Å². The minimum atomic E-state index is -4.26. The Morgan fingerprint density at radius 3 is 1.91 bits per heavy atom. The lowest BCUT2D eigenvalue weighted by Crippen LogP contribution is -2.14. The number of ether oxygens (including phenoxy) is 1. The van der Waals surface area contributed by atoms with Crippen molar-refractivity contribution in [3.63, 3.8) is 0 Å². The maximum Gasteiger partial charge on any atom is 0.343 e. The summed E-state index contributed by atoms with van der Waals surface area (Å²) in [6, 6.07) is 24.3. The van der Waals surface area contributed by atoms with Gasteiger partial charge in [-0.1, -0.05) is 48.5 Å². The third-order valence-electron chi connectivity index (χ3n) is 5.41. The SMILES string of the molecule is Cc1ccc(C)c(S(=O)(=O)c2cc(S(=O)(=O)c3ccccc3)ccc2OC(=O)c2ccccc2)c1. The summed E-state index contributed by atoms with van der Waals surface area (Å²) in [5, 5.41) is 0. The molecule has 0 heterocycles. The van der Waals surface area contributed by atoms with Crippen LogP contribution >= 0.6 is 0 Å². The molecular weight excluding hydrogens is 484 g/mol. The van der Waals surface area contributed by atoms with Crippen molar-refractivity contribution in [1.29, 1.82) is 0 Å². The van der Waals surface area contributed by atoms with Gasteiger partial charge in [0.15, 0.2) is 0 Å². The Labute approximate surface area is 204 Å². The first-order chi connectivity index (χ1) is 16.6. The monoisotopic (exact) mass is 506 g/mol. The number of rotatable bonds is 6. The van der Waals surface area contributed by atoms with Gasteiger partial charge in [0.1, 0.15) is 10.6 Å². The molecule has 4 aromatic rings. The van der Waals surface area contributed by atoms with Crippen LogP contribution in [0.15, 0.2) is 117 Å². The number of aryl methyl sites for hydroxylation is 2. The van der Waals surface area contributed by atoms with E-state index in [-0.39, 0.29) is 26.0 Å². The van der Waals surface area contributed by atoms with Crippen molar-refractivity contribution >= 4 is 25.6 Å². The van der Waals surface area contributed by atoms with Crippen LogP contribution in [0.5, 0.6) is 5.75 Å². The highest BCUT2D eigenvalue weighted by Gasteiger charge is 2.29. The molecule has 0 atom stereocenters. The molecule has 0 bridgehead atoms. The molecule has 0 aliphatic carbocycles. The smallest absolute Gasteiger partial charge is 0.343 e. The van der Waals surface area contributed by atoms with Gasteiger partial charge < -0.3 is 4.74 Å². The maximum atomic E-state index is 13.8. The second kappa shape index (κ2) is 9.48. The molecular formula is C27H22O6S2. The van der Waals surface area contributed by atoms with Gasteiger partial charge >= 0.3 is 5.97 Å². The summed E-state index contributed by atoms with van der Waals surface area (Å²) in [5.41, 5.74) is 1.42. The Kier molecular flexibility index (Phi) is 6.60. The standard InChI is InChI=1S/C27H22O6S2/c1-19-13-14-20(2)25(17-19)35(31,32)26-18-23(34(29,30)22-11-7-4-8-12-22)15-16-24(26)33-27(28)21-9-5-3-6-10-21/h3-18H,1-2H3. The molecule has 0 unspecified atom stereocenters. The van der Waals surface area contributed by atoms with Crippen molar-refractivity contribution in [2.45, 2.75) is 33.4 Å². The van der Waals surface area contributed by atoms with Gasteiger partial charge in [-0.2, -0.15) is 0 Å². The highest BCUT2D eigenvalue weighted by Crippen LogP contribution is 2.35. The zero-order valence-electron chi connectivity index (χ0n) is 19.0. The molecule has 0 amide bonds. The molecule has 35 heavy (non-hydrogen) atoms. The van der Waals surface area contributed by atoms with Crippen LogP contribution in [-0.2, 0) is 19.7 Å². The van der Waals surface area contributed by atoms with Gasteiger partial charge in [0.2, 0.25) is 19.7 Å². The average Bonchev–Trinajstić information content (AvgIpc) is 2.86. The molecule has 0 saturated heterocycles. The van der Waals surface area contributed by atoms with E-state index in [1.807, 2.05) is 0 Å². The molecule has 0 fully saturated rings. The summed E-state index contributed by atoms with van der Waals surface area (Å²) < 4.78 is 59.5. The van der Waals surface area contributed by atoms with Crippen molar-refractivity contribution < 1.29 is 26.4 Å². The van der Waals surface area contributed by atoms with Crippen LogP contribution in [0.25, 0.3) is 0 Å². The number of sulfone groups is 2. The summed E-state index contributed by atoms with van der Waals surface area (Å²) in [5.74, 6) is -1.02. The molecule has 8 heteroatoms.